The zero-order valence-electron chi connectivity index (χ0n) is 11.9. The van der Waals surface area contributed by atoms with E-state index in [4.69, 9.17) is 9.47 Å². The molecule has 3 nitrogen and oxygen atoms in total. The Bertz CT molecular complexity index is 341. The summed E-state index contributed by atoms with van der Waals surface area (Å²) in [5.41, 5.74) is 2.58. The topological polar surface area (TPSA) is 30.5 Å². The summed E-state index contributed by atoms with van der Waals surface area (Å²) in [7, 11) is 1.97. The third kappa shape index (κ3) is 4.77. The summed E-state index contributed by atoms with van der Waals surface area (Å²) < 4.78 is 11.2. The van der Waals surface area contributed by atoms with Crippen molar-refractivity contribution in [3.05, 3.63) is 35.4 Å². The number of rotatable bonds is 8. The molecule has 0 bridgehead atoms. The maximum absolute atomic E-state index is 5.82. The zero-order valence-corrected chi connectivity index (χ0v) is 11.9. The van der Waals surface area contributed by atoms with Gasteiger partial charge in [-0.15, -0.1) is 0 Å². The van der Waals surface area contributed by atoms with Gasteiger partial charge in [0.2, 0.25) is 0 Å². The van der Waals surface area contributed by atoms with Crippen molar-refractivity contribution in [3.8, 4) is 0 Å². The molecular formula is C15H25NO2. The van der Waals surface area contributed by atoms with Crippen molar-refractivity contribution in [2.24, 2.45) is 0 Å². The van der Waals surface area contributed by atoms with Crippen LogP contribution in [0.3, 0.4) is 0 Å². The molecule has 0 aliphatic carbocycles. The van der Waals surface area contributed by atoms with Crippen LogP contribution in [-0.4, -0.2) is 33.0 Å². The van der Waals surface area contributed by atoms with Gasteiger partial charge in [0, 0.05) is 6.61 Å². The van der Waals surface area contributed by atoms with Gasteiger partial charge in [-0.3, -0.25) is 0 Å². The van der Waals surface area contributed by atoms with Gasteiger partial charge in [0.15, 0.2) is 0 Å². The maximum Gasteiger partial charge on any atom is 0.0781 e. The van der Waals surface area contributed by atoms with Crippen LogP contribution >= 0.6 is 0 Å². The predicted molar refractivity (Wildman–Crippen MR) is 74.9 cm³/mol. The largest absolute Gasteiger partial charge is 0.379 e. The number of ether oxygens (including phenoxy) is 2. The van der Waals surface area contributed by atoms with Gasteiger partial charge in [0.25, 0.3) is 0 Å². The minimum atomic E-state index is 0.129. The molecule has 0 radical (unpaired) electrons. The molecule has 18 heavy (non-hydrogen) atoms. The Morgan fingerprint density at radius 2 is 1.94 bits per heavy atom. The van der Waals surface area contributed by atoms with Crippen molar-refractivity contribution in [2.45, 2.75) is 32.9 Å². The lowest BCUT2D eigenvalue weighted by Crippen LogP contribution is -2.26. The second kappa shape index (κ2) is 8.25. The van der Waals surface area contributed by atoms with E-state index in [1.165, 1.54) is 11.1 Å². The standard InChI is InChI=1S/C15H25NO2/c1-5-17-10-13(3)18-11-15(16-4)14-9-7-6-8-12(14)2/h6-9,13,15-16H,5,10-11H2,1-4H3. The van der Waals surface area contributed by atoms with Crippen molar-refractivity contribution in [3.63, 3.8) is 0 Å². The predicted octanol–water partition coefficient (Wildman–Crippen LogP) is 2.70. The number of benzene rings is 1. The first kappa shape index (κ1) is 15.2. The van der Waals surface area contributed by atoms with Crippen molar-refractivity contribution in [1.29, 1.82) is 0 Å². The molecule has 0 heterocycles. The highest BCUT2D eigenvalue weighted by Crippen LogP contribution is 2.17. The molecule has 2 atom stereocenters. The fraction of sp³-hybridized carbons (Fsp3) is 0.600. The van der Waals surface area contributed by atoms with Crippen LogP contribution in [0.15, 0.2) is 24.3 Å². The van der Waals surface area contributed by atoms with Crippen LogP contribution in [-0.2, 0) is 9.47 Å². The van der Waals surface area contributed by atoms with E-state index in [1.807, 2.05) is 20.9 Å². The van der Waals surface area contributed by atoms with E-state index in [0.29, 0.717) is 13.2 Å². The van der Waals surface area contributed by atoms with Crippen LogP contribution in [0.5, 0.6) is 0 Å². The minimum Gasteiger partial charge on any atom is -0.379 e. The fourth-order valence-electron chi connectivity index (χ4n) is 1.90. The van der Waals surface area contributed by atoms with E-state index in [-0.39, 0.29) is 12.1 Å². The van der Waals surface area contributed by atoms with E-state index in [0.717, 1.165) is 6.61 Å². The SMILES string of the molecule is CCOCC(C)OCC(NC)c1ccccc1C. The van der Waals surface area contributed by atoms with E-state index in [2.05, 4.69) is 36.5 Å². The quantitative estimate of drug-likeness (QED) is 0.770. The maximum atomic E-state index is 5.82. The van der Waals surface area contributed by atoms with E-state index in [1.54, 1.807) is 0 Å². The summed E-state index contributed by atoms with van der Waals surface area (Å²) in [6, 6.07) is 8.63. The molecular weight excluding hydrogens is 226 g/mol. The first-order valence-corrected chi connectivity index (χ1v) is 6.61. The van der Waals surface area contributed by atoms with Gasteiger partial charge in [-0.1, -0.05) is 24.3 Å². The highest BCUT2D eigenvalue weighted by atomic mass is 16.5. The van der Waals surface area contributed by atoms with Gasteiger partial charge in [-0.2, -0.15) is 0 Å². The summed E-state index contributed by atoms with van der Waals surface area (Å²) in [5, 5.41) is 3.30. The number of nitrogens with one attached hydrogen (secondary N) is 1. The molecule has 0 aromatic heterocycles. The smallest absolute Gasteiger partial charge is 0.0781 e. The van der Waals surface area contributed by atoms with Crippen molar-refractivity contribution >= 4 is 0 Å². The van der Waals surface area contributed by atoms with Gasteiger partial charge < -0.3 is 14.8 Å². The Hall–Kier alpha value is -0.900. The molecule has 0 saturated heterocycles. The Balaban J connectivity index is 2.50. The zero-order chi connectivity index (χ0) is 13.4. The highest BCUT2D eigenvalue weighted by molar-refractivity contribution is 5.28. The normalized spacial score (nSPS) is 14.4. The lowest BCUT2D eigenvalue weighted by atomic mass is 10.0. The van der Waals surface area contributed by atoms with Crippen LogP contribution in [0, 0.1) is 6.92 Å². The summed E-state index contributed by atoms with van der Waals surface area (Å²) >= 11 is 0. The highest BCUT2D eigenvalue weighted by Gasteiger charge is 2.13. The molecule has 0 saturated carbocycles. The molecule has 0 aliphatic rings. The molecule has 1 N–H and O–H groups in total. The molecule has 102 valence electrons. The molecule has 0 fully saturated rings. The average Bonchev–Trinajstić information content (AvgIpc) is 2.39. The number of hydrogen-bond donors (Lipinski definition) is 1. The van der Waals surface area contributed by atoms with Crippen LogP contribution in [0.25, 0.3) is 0 Å². The van der Waals surface area contributed by atoms with Gasteiger partial charge in [-0.25, -0.2) is 0 Å². The Morgan fingerprint density at radius 3 is 2.56 bits per heavy atom. The van der Waals surface area contributed by atoms with Crippen molar-refractivity contribution < 1.29 is 9.47 Å². The molecule has 0 amide bonds. The number of aryl methyl sites for hydroxylation is 1. The van der Waals surface area contributed by atoms with Crippen LogP contribution < -0.4 is 5.32 Å². The van der Waals surface area contributed by atoms with E-state index in [9.17, 15) is 0 Å². The van der Waals surface area contributed by atoms with Crippen molar-refractivity contribution in [2.75, 3.05) is 26.9 Å². The fourth-order valence-corrected chi connectivity index (χ4v) is 1.90. The van der Waals surface area contributed by atoms with Crippen LogP contribution in [0.4, 0.5) is 0 Å². The molecule has 1 aromatic rings. The summed E-state index contributed by atoms with van der Waals surface area (Å²) in [4.78, 5) is 0. The van der Waals surface area contributed by atoms with Gasteiger partial charge in [0.05, 0.1) is 25.4 Å². The first-order valence-electron chi connectivity index (χ1n) is 6.61. The summed E-state index contributed by atoms with van der Waals surface area (Å²) in [5.74, 6) is 0. The van der Waals surface area contributed by atoms with E-state index >= 15 is 0 Å². The second-order valence-corrected chi connectivity index (χ2v) is 4.50. The molecule has 0 spiro atoms. The Kier molecular flexibility index (Phi) is 6.94. The lowest BCUT2D eigenvalue weighted by Gasteiger charge is -2.21. The molecule has 1 aromatic carbocycles. The minimum absolute atomic E-state index is 0.129. The average molecular weight is 251 g/mol. The first-order chi connectivity index (χ1) is 8.69. The van der Waals surface area contributed by atoms with Crippen LogP contribution in [0.2, 0.25) is 0 Å². The Morgan fingerprint density at radius 1 is 1.22 bits per heavy atom. The van der Waals surface area contributed by atoms with Gasteiger partial charge >= 0.3 is 0 Å². The number of hydrogen-bond acceptors (Lipinski definition) is 3. The van der Waals surface area contributed by atoms with Gasteiger partial charge in [-0.05, 0) is 38.9 Å². The number of likely N-dealkylation sites (N-methyl/N-ethyl adjacent to an activating group) is 1. The molecule has 3 heteroatoms. The molecule has 1 rings (SSSR count). The third-order valence-corrected chi connectivity index (χ3v) is 3.02. The van der Waals surface area contributed by atoms with E-state index < -0.39 is 0 Å². The Labute approximate surface area is 110 Å². The van der Waals surface area contributed by atoms with Gasteiger partial charge in [0.1, 0.15) is 0 Å². The molecule has 2 unspecified atom stereocenters. The lowest BCUT2D eigenvalue weighted by molar-refractivity contribution is -0.0110. The summed E-state index contributed by atoms with van der Waals surface area (Å²) in [6.07, 6.45) is 0.129. The third-order valence-electron chi connectivity index (χ3n) is 3.02. The molecule has 0 aliphatic heterocycles. The van der Waals surface area contributed by atoms with Crippen molar-refractivity contribution in [1.82, 2.24) is 5.32 Å². The monoisotopic (exact) mass is 251 g/mol. The van der Waals surface area contributed by atoms with Crippen LogP contribution in [0.1, 0.15) is 31.0 Å². The second-order valence-electron chi connectivity index (χ2n) is 4.50. The summed E-state index contributed by atoms with van der Waals surface area (Å²) in [6.45, 7) is 8.22.